The number of terminal acetylenes is 1. The van der Waals surface area contributed by atoms with Crippen molar-refractivity contribution in [1.29, 1.82) is 0 Å². The summed E-state index contributed by atoms with van der Waals surface area (Å²) >= 11 is 1.43. The third-order valence-corrected chi connectivity index (χ3v) is 5.27. The molecular weight excluding hydrogens is 352 g/mol. The van der Waals surface area contributed by atoms with Gasteiger partial charge >= 0.3 is 5.69 Å². The van der Waals surface area contributed by atoms with Crippen LogP contribution >= 0.6 is 11.9 Å². The van der Waals surface area contributed by atoms with E-state index in [1.807, 2.05) is 6.07 Å². The molecule has 8 heteroatoms. The minimum Gasteiger partial charge on any atom is -0.280 e. The zero-order chi connectivity index (χ0) is 18.9. The molecule has 0 radical (unpaired) electrons. The highest BCUT2D eigenvalue weighted by molar-refractivity contribution is 7.97. The number of aromatic nitrogens is 2. The van der Waals surface area contributed by atoms with Crippen molar-refractivity contribution in [1.82, 2.24) is 14.0 Å². The summed E-state index contributed by atoms with van der Waals surface area (Å²) in [5, 5.41) is 0.289. The molecule has 1 aliphatic carbocycles. The average Bonchev–Trinajstić information content (AvgIpc) is 3.38. The molecule has 1 aliphatic rings. The number of rotatable bonds is 6. The number of benzene rings is 1. The van der Waals surface area contributed by atoms with Gasteiger partial charge in [0.1, 0.15) is 0 Å². The van der Waals surface area contributed by atoms with Crippen molar-refractivity contribution >= 4 is 28.8 Å². The summed E-state index contributed by atoms with van der Waals surface area (Å²) in [6, 6.07) is 5.20. The van der Waals surface area contributed by atoms with Crippen molar-refractivity contribution in [3.63, 3.8) is 0 Å². The van der Waals surface area contributed by atoms with Gasteiger partial charge in [0.25, 0.3) is 11.5 Å². The van der Waals surface area contributed by atoms with Crippen molar-refractivity contribution < 1.29 is 4.79 Å². The SMILES string of the molecule is C#CCn1c(=O)n(NC(=O)C=C)c(=O)c2cc(SNC3(C)CC3)ccc21. The second kappa shape index (κ2) is 6.86. The van der Waals surface area contributed by atoms with Gasteiger partial charge in [-0.2, -0.15) is 4.68 Å². The van der Waals surface area contributed by atoms with Gasteiger partial charge in [0.2, 0.25) is 0 Å². The minimum absolute atomic E-state index is 0.0254. The lowest BCUT2D eigenvalue weighted by molar-refractivity contribution is -0.112. The maximum absolute atomic E-state index is 12.7. The lowest BCUT2D eigenvalue weighted by Gasteiger charge is -2.14. The van der Waals surface area contributed by atoms with Crippen LogP contribution in [0.15, 0.2) is 45.3 Å². The Morgan fingerprint density at radius 1 is 1.46 bits per heavy atom. The summed E-state index contributed by atoms with van der Waals surface area (Å²) in [4.78, 5) is 37.7. The van der Waals surface area contributed by atoms with Gasteiger partial charge in [0.15, 0.2) is 0 Å². The van der Waals surface area contributed by atoms with E-state index in [4.69, 9.17) is 6.42 Å². The van der Waals surface area contributed by atoms with Crippen LogP contribution in [0, 0.1) is 12.3 Å². The van der Waals surface area contributed by atoms with Crippen LogP contribution in [0.2, 0.25) is 0 Å². The lowest BCUT2D eigenvalue weighted by atomic mass is 10.2. The first-order valence-electron chi connectivity index (χ1n) is 7.99. The Bertz CT molecular complexity index is 1060. The maximum Gasteiger partial charge on any atom is 0.351 e. The van der Waals surface area contributed by atoms with Crippen molar-refractivity contribution in [3.05, 3.63) is 51.7 Å². The Labute approximate surface area is 154 Å². The monoisotopic (exact) mass is 370 g/mol. The van der Waals surface area contributed by atoms with E-state index < -0.39 is 17.2 Å². The molecule has 1 saturated carbocycles. The Hall–Kier alpha value is -2.76. The average molecular weight is 370 g/mol. The molecule has 2 aromatic rings. The summed E-state index contributed by atoms with van der Waals surface area (Å²) in [6.07, 6.45) is 8.55. The third kappa shape index (κ3) is 3.45. The molecule has 1 aromatic carbocycles. The summed E-state index contributed by atoms with van der Waals surface area (Å²) in [5.74, 6) is 1.73. The zero-order valence-corrected chi connectivity index (χ0v) is 15.1. The van der Waals surface area contributed by atoms with Crippen LogP contribution in [-0.2, 0) is 11.3 Å². The van der Waals surface area contributed by atoms with E-state index in [2.05, 4.69) is 29.6 Å². The van der Waals surface area contributed by atoms with Gasteiger partial charge < -0.3 is 0 Å². The second-order valence-electron chi connectivity index (χ2n) is 6.34. The van der Waals surface area contributed by atoms with Crippen molar-refractivity contribution in [3.8, 4) is 12.3 Å². The number of hydrogen-bond donors (Lipinski definition) is 2. The van der Waals surface area contributed by atoms with Crippen LogP contribution < -0.4 is 21.4 Å². The number of nitrogens with zero attached hydrogens (tertiary/aromatic N) is 2. The molecule has 0 unspecified atom stereocenters. The molecule has 1 fully saturated rings. The molecule has 0 saturated heterocycles. The molecule has 1 heterocycles. The predicted octanol–water partition coefficient (Wildman–Crippen LogP) is 1.20. The normalized spacial score (nSPS) is 14.6. The highest BCUT2D eigenvalue weighted by atomic mass is 32.2. The molecular formula is C18H18N4O3S. The smallest absolute Gasteiger partial charge is 0.280 e. The van der Waals surface area contributed by atoms with Gasteiger partial charge in [-0.25, -0.2) is 4.79 Å². The van der Waals surface area contributed by atoms with Gasteiger partial charge in [0, 0.05) is 10.4 Å². The van der Waals surface area contributed by atoms with Gasteiger partial charge in [-0.3, -0.25) is 24.3 Å². The summed E-state index contributed by atoms with van der Waals surface area (Å²) in [6.45, 7) is 5.43. The van der Waals surface area contributed by atoms with E-state index in [1.165, 1.54) is 16.5 Å². The van der Waals surface area contributed by atoms with Gasteiger partial charge in [0.05, 0.1) is 17.4 Å². The molecule has 0 spiro atoms. The van der Waals surface area contributed by atoms with E-state index in [9.17, 15) is 14.4 Å². The Kier molecular flexibility index (Phi) is 4.76. The first-order valence-corrected chi connectivity index (χ1v) is 8.81. The number of hydrogen-bond acceptors (Lipinski definition) is 5. The Morgan fingerprint density at radius 3 is 2.81 bits per heavy atom. The summed E-state index contributed by atoms with van der Waals surface area (Å²) in [5.41, 5.74) is 1.45. The van der Waals surface area contributed by atoms with Crippen LogP contribution in [0.1, 0.15) is 19.8 Å². The highest BCUT2D eigenvalue weighted by Gasteiger charge is 2.37. The van der Waals surface area contributed by atoms with Gasteiger partial charge in [-0.05, 0) is 56.0 Å². The molecule has 26 heavy (non-hydrogen) atoms. The predicted molar refractivity (Wildman–Crippen MR) is 102 cm³/mol. The number of carbonyl (C=O) groups excluding carboxylic acids is 1. The molecule has 0 atom stereocenters. The first kappa shape index (κ1) is 18.0. The molecule has 3 rings (SSSR count). The molecule has 0 bridgehead atoms. The van der Waals surface area contributed by atoms with Crippen molar-refractivity contribution in [2.75, 3.05) is 5.43 Å². The van der Waals surface area contributed by atoms with Gasteiger partial charge in [-0.15, -0.1) is 6.42 Å². The van der Waals surface area contributed by atoms with E-state index in [0.29, 0.717) is 10.2 Å². The van der Waals surface area contributed by atoms with Crippen molar-refractivity contribution in [2.45, 2.75) is 36.7 Å². The van der Waals surface area contributed by atoms with Crippen LogP contribution in [0.25, 0.3) is 10.9 Å². The van der Waals surface area contributed by atoms with Crippen LogP contribution in [0.3, 0.4) is 0 Å². The molecule has 0 aliphatic heterocycles. The standard InChI is InChI=1S/C18H18N4O3S/c1-4-10-21-14-7-6-12(26-20-18(3)8-9-18)11-13(14)16(24)22(17(21)25)19-15(23)5-2/h1,5-7,11,20H,2,8-10H2,3H3,(H,19,23). The molecule has 1 aromatic heterocycles. The molecule has 2 N–H and O–H groups in total. The third-order valence-electron chi connectivity index (χ3n) is 4.19. The van der Waals surface area contributed by atoms with Crippen LogP contribution in [0.4, 0.5) is 0 Å². The molecule has 134 valence electrons. The number of fused-ring (bicyclic) bond motifs is 1. The topological polar surface area (TPSA) is 85.1 Å². The van der Waals surface area contributed by atoms with Crippen LogP contribution in [-0.4, -0.2) is 20.7 Å². The fourth-order valence-electron chi connectivity index (χ4n) is 2.39. The highest BCUT2D eigenvalue weighted by Crippen LogP contribution is 2.37. The maximum atomic E-state index is 12.7. The van der Waals surface area contributed by atoms with Gasteiger partial charge in [-0.1, -0.05) is 12.5 Å². The Morgan fingerprint density at radius 2 is 2.19 bits per heavy atom. The van der Waals surface area contributed by atoms with Crippen LogP contribution in [0.5, 0.6) is 0 Å². The largest absolute Gasteiger partial charge is 0.351 e. The fourth-order valence-corrected chi connectivity index (χ4v) is 3.27. The second-order valence-corrected chi connectivity index (χ2v) is 7.22. The summed E-state index contributed by atoms with van der Waals surface area (Å²) in [7, 11) is 0. The molecule has 1 amide bonds. The van der Waals surface area contributed by atoms with Crippen molar-refractivity contribution in [2.24, 2.45) is 0 Å². The zero-order valence-electron chi connectivity index (χ0n) is 14.2. The van der Waals surface area contributed by atoms with E-state index in [1.54, 1.807) is 12.1 Å². The quantitative estimate of drug-likeness (QED) is 0.453. The number of nitrogens with one attached hydrogen (secondary N) is 2. The first-order chi connectivity index (χ1) is 12.4. The number of amides is 1. The van der Waals surface area contributed by atoms with E-state index in [0.717, 1.165) is 23.8 Å². The Balaban J connectivity index is 2.13. The van der Waals surface area contributed by atoms with E-state index >= 15 is 0 Å². The number of carbonyl (C=O) groups is 1. The molecule has 7 nitrogen and oxygen atoms in total. The lowest BCUT2D eigenvalue weighted by Crippen LogP contribution is -2.46. The minimum atomic E-state index is -0.709. The fraction of sp³-hybridized carbons (Fsp3) is 0.278. The van der Waals surface area contributed by atoms with E-state index in [-0.39, 0.29) is 17.5 Å². The summed E-state index contributed by atoms with van der Waals surface area (Å²) < 4.78 is 5.29.